The van der Waals surface area contributed by atoms with E-state index in [4.69, 9.17) is 0 Å². The number of non-ortho nitro benzene ring substituents is 1. The van der Waals surface area contributed by atoms with Gasteiger partial charge in [-0.3, -0.25) is 14.9 Å². The van der Waals surface area contributed by atoms with Crippen LogP contribution in [0.4, 0.5) is 5.69 Å². The molecule has 0 fully saturated rings. The van der Waals surface area contributed by atoms with Gasteiger partial charge in [0.25, 0.3) is 11.2 Å². The topological polar surface area (TPSA) is 106 Å². The number of H-pyrrole nitrogens is 1. The first-order chi connectivity index (χ1) is 12.1. The molecule has 0 spiro atoms. The first-order valence-electron chi connectivity index (χ1n) is 7.42. The number of imidazole rings is 1. The SMILES string of the molecule is O=c1/c(=C\c2ccccc2)[nH]c2nnc(-c3ccc([N+](=O)[O-])cc3)n12. The standard InChI is InChI=1S/C17H11N5O3/c23-16-14(10-11-4-2-1-3-5-11)18-17-20-19-15(21(16)17)12-6-8-13(9-7-12)22(24)25/h1-10H,(H,18,20)/b14-10+. The van der Waals surface area contributed by atoms with Crippen molar-refractivity contribution in [3.63, 3.8) is 0 Å². The van der Waals surface area contributed by atoms with Gasteiger partial charge < -0.3 is 4.98 Å². The van der Waals surface area contributed by atoms with Gasteiger partial charge in [0.15, 0.2) is 5.82 Å². The summed E-state index contributed by atoms with van der Waals surface area (Å²) in [4.78, 5) is 25.9. The summed E-state index contributed by atoms with van der Waals surface area (Å²) in [5, 5.41) is 19.1. The third-order valence-corrected chi connectivity index (χ3v) is 3.79. The first kappa shape index (κ1) is 14.8. The van der Waals surface area contributed by atoms with Crippen molar-refractivity contribution >= 4 is 17.5 Å². The number of aromatic amines is 1. The Balaban J connectivity index is 1.86. The molecule has 0 aliphatic heterocycles. The van der Waals surface area contributed by atoms with Crippen molar-refractivity contribution < 1.29 is 4.92 Å². The Morgan fingerprint density at radius 2 is 1.76 bits per heavy atom. The Morgan fingerprint density at radius 1 is 1.04 bits per heavy atom. The molecule has 2 heterocycles. The zero-order chi connectivity index (χ0) is 17.4. The number of hydrogen-bond acceptors (Lipinski definition) is 5. The van der Waals surface area contributed by atoms with E-state index >= 15 is 0 Å². The van der Waals surface area contributed by atoms with Gasteiger partial charge in [0, 0.05) is 17.7 Å². The van der Waals surface area contributed by atoms with Gasteiger partial charge in [-0.1, -0.05) is 30.3 Å². The third kappa shape index (κ3) is 2.55. The van der Waals surface area contributed by atoms with Crippen LogP contribution in [-0.4, -0.2) is 24.5 Å². The lowest BCUT2D eigenvalue weighted by atomic mass is 10.2. The van der Waals surface area contributed by atoms with E-state index in [-0.39, 0.29) is 11.2 Å². The predicted octanol–water partition coefficient (Wildman–Crippen LogP) is 1.54. The number of nitro groups is 1. The number of hydrogen-bond donors (Lipinski definition) is 1. The largest absolute Gasteiger partial charge is 0.319 e. The van der Waals surface area contributed by atoms with E-state index in [2.05, 4.69) is 15.2 Å². The van der Waals surface area contributed by atoms with Crippen molar-refractivity contribution in [2.24, 2.45) is 0 Å². The van der Waals surface area contributed by atoms with Crippen molar-refractivity contribution in [3.8, 4) is 11.4 Å². The Hall–Kier alpha value is -3.81. The van der Waals surface area contributed by atoms with E-state index < -0.39 is 4.92 Å². The highest BCUT2D eigenvalue weighted by Crippen LogP contribution is 2.20. The molecule has 0 unspecified atom stereocenters. The molecule has 0 aliphatic rings. The predicted molar refractivity (Wildman–Crippen MR) is 90.9 cm³/mol. The maximum absolute atomic E-state index is 12.7. The Bertz CT molecular complexity index is 1180. The molecule has 0 bridgehead atoms. The molecule has 25 heavy (non-hydrogen) atoms. The quantitative estimate of drug-likeness (QED) is 0.452. The van der Waals surface area contributed by atoms with Gasteiger partial charge in [-0.25, -0.2) is 4.40 Å². The summed E-state index contributed by atoms with van der Waals surface area (Å²) in [7, 11) is 0. The molecule has 4 rings (SSSR count). The average molecular weight is 333 g/mol. The van der Waals surface area contributed by atoms with Gasteiger partial charge in [0.1, 0.15) is 5.35 Å². The molecule has 8 heteroatoms. The summed E-state index contributed by atoms with van der Waals surface area (Å²) >= 11 is 0. The van der Waals surface area contributed by atoms with Crippen LogP contribution in [0.15, 0.2) is 59.4 Å². The van der Waals surface area contributed by atoms with E-state index in [9.17, 15) is 14.9 Å². The highest BCUT2D eigenvalue weighted by atomic mass is 16.6. The van der Waals surface area contributed by atoms with Crippen LogP contribution in [-0.2, 0) is 0 Å². The van der Waals surface area contributed by atoms with Crippen molar-refractivity contribution in [3.05, 3.63) is 86.0 Å². The fourth-order valence-corrected chi connectivity index (χ4v) is 2.58. The van der Waals surface area contributed by atoms with E-state index in [1.165, 1.54) is 16.5 Å². The summed E-state index contributed by atoms with van der Waals surface area (Å²) in [5.74, 6) is 0.652. The lowest BCUT2D eigenvalue weighted by Gasteiger charge is -1.96. The molecule has 0 saturated heterocycles. The van der Waals surface area contributed by atoms with Gasteiger partial charge in [-0.2, -0.15) is 0 Å². The molecule has 2 aromatic heterocycles. The maximum atomic E-state index is 12.7. The van der Waals surface area contributed by atoms with Gasteiger partial charge in [-0.05, 0) is 23.8 Å². The van der Waals surface area contributed by atoms with E-state index in [1.54, 1.807) is 18.2 Å². The minimum Gasteiger partial charge on any atom is -0.319 e. The molecule has 0 amide bonds. The molecule has 0 aliphatic carbocycles. The molecular weight excluding hydrogens is 322 g/mol. The van der Waals surface area contributed by atoms with Crippen LogP contribution < -0.4 is 10.9 Å². The molecule has 8 nitrogen and oxygen atoms in total. The van der Waals surface area contributed by atoms with E-state index in [0.717, 1.165) is 5.56 Å². The second kappa shape index (κ2) is 5.68. The number of nitro benzene ring substituents is 1. The number of aromatic nitrogens is 4. The smallest absolute Gasteiger partial charge is 0.283 e. The highest BCUT2D eigenvalue weighted by molar-refractivity contribution is 5.60. The molecule has 0 radical (unpaired) electrons. The monoisotopic (exact) mass is 333 g/mol. The number of nitrogens with zero attached hydrogens (tertiary/aromatic N) is 4. The molecule has 122 valence electrons. The number of fused-ring (bicyclic) bond motifs is 1. The molecule has 0 atom stereocenters. The zero-order valence-electron chi connectivity index (χ0n) is 12.8. The second-order valence-corrected chi connectivity index (χ2v) is 5.39. The van der Waals surface area contributed by atoms with Gasteiger partial charge in [0.2, 0.25) is 5.78 Å². The molecule has 4 aromatic rings. The van der Waals surface area contributed by atoms with Crippen LogP contribution in [0.25, 0.3) is 23.2 Å². The lowest BCUT2D eigenvalue weighted by Crippen LogP contribution is -2.26. The molecular formula is C17H11N5O3. The summed E-state index contributed by atoms with van der Waals surface area (Å²) in [6.45, 7) is 0. The molecule has 0 saturated carbocycles. The summed E-state index contributed by atoms with van der Waals surface area (Å²) < 4.78 is 1.36. The van der Waals surface area contributed by atoms with Crippen LogP contribution in [0, 0.1) is 10.1 Å². The maximum Gasteiger partial charge on any atom is 0.283 e. The molecule has 1 N–H and O–H groups in total. The minimum absolute atomic E-state index is 0.0287. The highest BCUT2D eigenvalue weighted by Gasteiger charge is 2.14. The van der Waals surface area contributed by atoms with Crippen LogP contribution in [0.2, 0.25) is 0 Å². The number of rotatable bonds is 3. The fourth-order valence-electron chi connectivity index (χ4n) is 2.58. The minimum atomic E-state index is -0.481. The fraction of sp³-hybridized carbons (Fsp3) is 0. The average Bonchev–Trinajstić information content (AvgIpc) is 3.17. The summed E-state index contributed by atoms with van der Waals surface area (Å²) in [6.07, 6.45) is 1.73. The number of nitrogens with one attached hydrogen (secondary N) is 1. The lowest BCUT2D eigenvalue weighted by molar-refractivity contribution is -0.384. The normalized spacial score (nSPS) is 11.9. The second-order valence-electron chi connectivity index (χ2n) is 5.39. The van der Waals surface area contributed by atoms with Crippen LogP contribution in [0.1, 0.15) is 5.56 Å². The Labute approximate surface area is 140 Å². The third-order valence-electron chi connectivity index (χ3n) is 3.79. The van der Waals surface area contributed by atoms with Crippen molar-refractivity contribution in [1.82, 2.24) is 19.6 Å². The summed E-state index contributed by atoms with van der Waals surface area (Å²) in [5.41, 5.74) is 1.14. The Morgan fingerprint density at radius 3 is 2.44 bits per heavy atom. The van der Waals surface area contributed by atoms with Gasteiger partial charge in [0.05, 0.1) is 4.92 Å². The molecule has 2 aromatic carbocycles. The van der Waals surface area contributed by atoms with Crippen LogP contribution in [0.5, 0.6) is 0 Å². The van der Waals surface area contributed by atoms with Gasteiger partial charge >= 0.3 is 0 Å². The Kier molecular flexibility index (Phi) is 3.35. The van der Waals surface area contributed by atoms with Crippen molar-refractivity contribution in [1.29, 1.82) is 0 Å². The van der Waals surface area contributed by atoms with E-state index in [1.807, 2.05) is 30.3 Å². The van der Waals surface area contributed by atoms with E-state index in [0.29, 0.717) is 22.5 Å². The zero-order valence-corrected chi connectivity index (χ0v) is 12.8. The summed E-state index contributed by atoms with van der Waals surface area (Å²) in [6, 6.07) is 15.3. The van der Waals surface area contributed by atoms with Crippen molar-refractivity contribution in [2.45, 2.75) is 0 Å². The first-order valence-corrected chi connectivity index (χ1v) is 7.42. The van der Waals surface area contributed by atoms with Crippen LogP contribution in [0.3, 0.4) is 0 Å². The number of benzene rings is 2. The van der Waals surface area contributed by atoms with Crippen LogP contribution >= 0.6 is 0 Å². The van der Waals surface area contributed by atoms with Gasteiger partial charge in [-0.15, -0.1) is 10.2 Å². The van der Waals surface area contributed by atoms with Crippen molar-refractivity contribution in [2.75, 3.05) is 0 Å².